The van der Waals surface area contributed by atoms with Gasteiger partial charge in [0, 0.05) is 22.4 Å². The molecule has 39 heavy (non-hydrogen) atoms. The highest BCUT2D eigenvalue weighted by atomic mass is 79.9. The quantitative estimate of drug-likeness (QED) is 0.208. The minimum Gasteiger partial charge on any atom is -0.508 e. The molecule has 1 aromatic carbocycles. The molecule has 0 heterocycles. The normalized spacial score (nSPS) is 30.8. The van der Waals surface area contributed by atoms with E-state index in [1.54, 1.807) is 19.1 Å². The highest BCUT2D eigenvalue weighted by Gasteiger charge is 2.68. The molecule has 4 rings (SSSR count). The van der Waals surface area contributed by atoms with E-state index in [1.807, 2.05) is 13.8 Å². The van der Waals surface area contributed by atoms with Crippen molar-refractivity contribution in [1.29, 1.82) is 0 Å². The minimum absolute atomic E-state index is 0.00964. The summed E-state index contributed by atoms with van der Waals surface area (Å²) in [4.78, 5) is 40.8. The maximum atomic E-state index is 14.1. The van der Waals surface area contributed by atoms with Gasteiger partial charge >= 0.3 is 0 Å². The van der Waals surface area contributed by atoms with Crippen LogP contribution in [0, 0.1) is 11.8 Å². The van der Waals surface area contributed by atoms with Gasteiger partial charge in [-0.15, -0.1) is 0 Å². The number of benzene rings is 1. The number of carbonyl (C=O) groups is 3. The number of hydrogen-bond donors (Lipinski definition) is 6. The van der Waals surface area contributed by atoms with Gasteiger partial charge in [-0.2, -0.15) is 0 Å². The lowest BCUT2D eigenvalue weighted by atomic mass is 9.54. The summed E-state index contributed by atoms with van der Waals surface area (Å²) in [7, 11) is 2.95. The van der Waals surface area contributed by atoms with Gasteiger partial charge in [0.15, 0.2) is 11.4 Å². The number of phenolic OH excluding ortho intramolecular Hbond substituents is 1. The van der Waals surface area contributed by atoms with Crippen molar-refractivity contribution in [2.75, 3.05) is 19.4 Å². The third-order valence-corrected chi connectivity index (χ3v) is 9.35. The molecule has 0 aliphatic heterocycles. The molecular formula is C28H35BrN2O8. The Morgan fingerprint density at radius 3 is 2.33 bits per heavy atom. The lowest BCUT2D eigenvalue weighted by Gasteiger charge is -2.53. The maximum absolute atomic E-state index is 14.1. The summed E-state index contributed by atoms with van der Waals surface area (Å²) < 4.78 is 0. The van der Waals surface area contributed by atoms with Crippen LogP contribution in [0.2, 0.25) is 0 Å². The number of alkyl halides is 1. The fraction of sp³-hybridized carbons (Fsp3) is 0.536. The van der Waals surface area contributed by atoms with E-state index >= 15 is 0 Å². The molecule has 3 aliphatic rings. The zero-order chi connectivity index (χ0) is 29.4. The molecule has 0 saturated heterocycles. The van der Waals surface area contributed by atoms with E-state index in [0.29, 0.717) is 17.5 Å². The van der Waals surface area contributed by atoms with Crippen molar-refractivity contribution >= 4 is 39.2 Å². The maximum Gasteiger partial charge on any atom is 0.255 e. The summed E-state index contributed by atoms with van der Waals surface area (Å²) in [5.41, 5.74) is 1.65. The molecule has 1 aromatic rings. The highest BCUT2D eigenvalue weighted by Crippen LogP contribution is 2.57. The van der Waals surface area contributed by atoms with Crippen molar-refractivity contribution in [1.82, 2.24) is 4.90 Å². The molecule has 7 N–H and O–H groups in total. The molecule has 0 aromatic heterocycles. The SMILES string of the molecule is C[C@H]1c2ccc(C(C)(C)CCCBr)c(O)c2C(O)=C2C(=O)[C@]3(O)C(O)=C(C(N)=O)C(=O)[C@@H](N(C)C)[C@@H]3[C@@H](O)[C@@H]21. The number of fused-ring (bicyclic) bond motifs is 3. The van der Waals surface area contributed by atoms with Crippen molar-refractivity contribution in [3.05, 3.63) is 45.7 Å². The molecule has 0 spiro atoms. The van der Waals surface area contributed by atoms with E-state index in [9.17, 15) is 39.9 Å². The third-order valence-electron chi connectivity index (χ3n) is 8.79. The van der Waals surface area contributed by atoms with Crippen LogP contribution in [-0.4, -0.2) is 85.1 Å². The van der Waals surface area contributed by atoms with Gasteiger partial charge in [-0.05, 0) is 43.8 Å². The number of aliphatic hydroxyl groups excluding tert-OH is 3. The lowest BCUT2D eigenvalue weighted by Crippen LogP contribution is -2.70. The number of phenols is 1. The molecule has 1 saturated carbocycles. The van der Waals surface area contributed by atoms with Crippen LogP contribution in [-0.2, 0) is 19.8 Å². The van der Waals surface area contributed by atoms with Crippen molar-refractivity contribution in [2.24, 2.45) is 17.6 Å². The molecule has 3 aliphatic carbocycles. The van der Waals surface area contributed by atoms with Crippen molar-refractivity contribution < 1.29 is 39.9 Å². The van der Waals surface area contributed by atoms with Crippen molar-refractivity contribution in [2.45, 2.75) is 62.7 Å². The second-order valence-electron chi connectivity index (χ2n) is 11.7. The fourth-order valence-electron chi connectivity index (χ4n) is 6.81. The van der Waals surface area contributed by atoms with Crippen molar-refractivity contribution in [3.8, 4) is 5.75 Å². The number of aromatic hydroxyl groups is 1. The Morgan fingerprint density at radius 2 is 1.79 bits per heavy atom. The Kier molecular flexibility index (Phi) is 7.29. The molecule has 6 atom stereocenters. The predicted molar refractivity (Wildman–Crippen MR) is 146 cm³/mol. The molecule has 1 fully saturated rings. The minimum atomic E-state index is -2.92. The number of nitrogens with zero attached hydrogens (tertiary/aromatic N) is 1. The van der Waals surface area contributed by atoms with E-state index in [2.05, 4.69) is 15.9 Å². The van der Waals surface area contributed by atoms with Crippen LogP contribution in [0.5, 0.6) is 5.75 Å². The summed E-state index contributed by atoms with van der Waals surface area (Å²) in [5, 5.41) is 58.1. The Balaban J connectivity index is 2.00. The van der Waals surface area contributed by atoms with Gasteiger partial charge < -0.3 is 31.3 Å². The first-order valence-electron chi connectivity index (χ1n) is 12.8. The molecule has 1 amide bonds. The number of aliphatic hydroxyl groups is 4. The third kappa shape index (κ3) is 3.96. The topological polar surface area (TPSA) is 182 Å². The van der Waals surface area contributed by atoms with E-state index < -0.39 is 81.1 Å². The number of halogens is 1. The molecule has 0 unspecified atom stereocenters. The van der Waals surface area contributed by atoms with Crippen LogP contribution >= 0.6 is 15.9 Å². The first-order chi connectivity index (χ1) is 18.0. The van der Waals surface area contributed by atoms with E-state index in [1.165, 1.54) is 19.0 Å². The molecule has 212 valence electrons. The summed E-state index contributed by atoms with van der Waals surface area (Å²) in [5.74, 6) is -8.84. The van der Waals surface area contributed by atoms with E-state index in [-0.39, 0.29) is 11.3 Å². The first kappa shape index (κ1) is 29.3. The molecular weight excluding hydrogens is 572 g/mol. The van der Waals surface area contributed by atoms with Gasteiger partial charge in [-0.3, -0.25) is 19.3 Å². The number of primary amides is 1. The highest BCUT2D eigenvalue weighted by molar-refractivity contribution is 9.09. The van der Waals surface area contributed by atoms with Crippen LogP contribution in [0.3, 0.4) is 0 Å². The number of amides is 1. The molecule has 0 bridgehead atoms. The Bertz CT molecular complexity index is 1330. The van der Waals surface area contributed by atoms with Gasteiger partial charge in [0.2, 0.25) is 5.78 Å². The number of nitrogens with two attached hydrogens (primary N) is 1. The lowest BCUT2D eigenvalue weighted by molar-refractivity contribution is -0.169. The average molecular weight is 607 g/mol. The van der Waals surface area contributed by atoms with Gasteiger partial charge in [0.05, 0.1) is 23.6 Å². The zero-order valence-electron chi connectivity index (χ0n) is 22.5. The number of likely N-dealkylation sites (N-methyl/N-ethyl adjacent to an activating group) is 1. The Hall–Kier alpha value is -2.73. The smallest absolute Gasteiger partial charge is 0.255 e. The number of rotatable bonds is 6. The standard InChI is InChI=1S/C28H35BrN2O8/c1-11-12-7-8-13(27(2,3)9-6-10-29)20(32)15(12)21(33)16-14(11)22(34)18-19(31(4)5)23(35)17(26(30)38)25(37)28(18,39)24(16)36/h7-8,11,14,18-19,22,32-34,37,39H,6,9-10H2,1-5H3,(H2,30,38)/t11-,14+,18+,19-,22-,28-/m0/s1. The second kappa shape index (κ2) is 9.72. The van der Waals surface area contributed by atoms with Crippen LogP contribution in [0.25, 0.3) is 5.76 Å². The summed E-state index contributed by atoms with van der Waals surface area (Å²) in [6.45, 7) is 5.62. The summed E-state index contributed by atoms with van der Waals surface area (Å²) >= 11 is 3.42. The van der Waals surface area contributed by atoms with E-state index in [4.69, 9.17) is 5.73 Å². The molecule has 10 nitrogen and oxygen atoms in total. The van der Waals surface area contributed by atoms with Crippen LogP contribution in [0.4, 0.5) is 0 Å². The summed E-state index contributed by atoms with van der Waals surface area (Å²) in [6.07, 6.45) is -0.0698. The van der Waals surface area contributed by atoms with Gasteiger partial charge in [-0.25, -0.2) is 0 Å². The van der Waals surface area contributed by atoms with E-state index in [0.717, 1.165) is 11.8 Å². The van der Waals surface area contributed by atoms with Crippen LogP contribution in [0.15, 0.2) is 29.0 Å². The number of ketones is 2. The Morgan fingerprint density at radius 1 is 1.18 bits per heavy atom. The zero-order valence-corrected chi connectivity index (χ0v) is 24.1. The second-order valence-corrected chi connectivity index (χ2v) is 12.4. The molecule has 0 radical (unpaired) electrons. The average Bonchev–Trinajstić information content (AvgIpc) is 2.84. The van der Waals surface area contributed by atoms with Gasteiger partial charge in [0.25, 0.3) is 5.91 Å². The van der Waals surface area contributed by atoms with Crippen molar-refractivity contribution in [3.63, 3.8) is 0 Å². The largest absolute Gasteiger partial charge is 0.508 e. The number of carbonyl (C=O) groups excluding carboxylic acids is 3. The first-order valence-corrected chi connectivity index (χ1v) is 13.9. The monoisotopic (exact) mass is 606 g/mol. The Labute approximate surface area is 234 Å². The number of hydrogen-bond acceptors (Lipinski definition) is 9. The van der Waals surface area contributed by atoms with Gasteiger partial charge in [-0.1, -0.05) is 48.8 Å². The predicted octanol–water partition coefficient (Wildman–Crippen LogP) is 1.95. The van der Waals surface area contributed by atoms with Gasteiger partial charge in [0.1, 0.15) is 22.8 Å². The summed E-state index contributed by atoms with van der Waals surface area (Å²) in [6, 6.07) is 2.13. The molecule has 11 heteroatoms. The van der Waals surface area contributed by atoms with Crippen LogP contribution < -0.4 is 5.73 Å². The van der Waals surface area contributed by atoms with Crippen LogP contribution in [0.1, 0.15) is 56.2 Å². The number of Topliss-reactive ketones (excluding diaryl/α,β-unsaturated/α-hetero) is 2. The fourth-order valence-corrected chi connectivity index (χ4v) is 7.09.